The minimum absolute atomic E-state index is 0.100. The third-order valence-corrected chi connectivity index (χ3v) is 4.15. The van der Waals surface area contributed by atoms with E-state index in [1.54, 1.807) is 0 Å². The molecule has 1 fully saturated rings. The smallest absolute Gasteiger partial charge is 0.253 e. The molecule has 0 bridgehead atoms. The van der Waals surface area contributed by atoms with Crippen LogP contribution in [-0.4, -0.2) is 30.9 Å². The highest BCUT2D eigenvalue weighted by atomic mass is 16.2. The molecule has 1 aromatic carbocycles. The van der Waals surface area contributed by atoms with Crippen LogP contribution >= 0.6 is 0 Å². The lowest BCUT2D eigenvalue weighted by Gasteiger charge is -2.21. The maximum atomic E-state index is 12.5. The molecule has 0 radical (unpaired) electrons. The normalized spacial score (nSPS) is 14.6. The van der Waals surface area contributed by atoms with Gasteiger partial charge in [-0.3, -0.25) is 4.79 Å². The van der Waals surface area contributed by atoms with Gasteiger partial charge in [0.15, 0.2) is 0 Å². The Kier molecular flexibility index (Phi) is 5.41. The standard InChI is InChI=1S/C18H24N2O/c1-14-12-17(10-9-16(14)8-5-11-19)18(21)20(2)13-15-6-3-4-7-15/h9-10,12,15H,3-4,6-7,11,13,19H2,1-2H3. The zero-order chi connectivity index (χ0) is 15.2. The summed E-state index contributed by atoms with van der Waals surface area (Å²) in [5, 5.41) is 0. The molecule has 3 nitrogen and oxygen atoms in total. The Morgan fingerprint density at radius 3 is 2.71 bits per heavy atom. The Labute approximate surface area is 127 Å². The van der Waals surface area contributed by atoms with Gasteiger partial charge in [0.1, 0.15) is 0 Å². The predicted molar refractivity (Wildman–Crippen MR) is 86.0 cm³/mol. The molecule has 2 N–H and O–H groups in total. The van der Waals surface area contributed by atoms with Crippen LogP contribution in [0.15, 0.2) is 18.2 Å². The monoisotopic (exact) mass is 284 g/mol. The van der Waals surface area contributed by atoms with Gasteiger partial charge in [-0.15, -0.1) is 0 Å². The van der Waals surface area contributed by atoms with Crippen molar-refractivity contribution in [3.05, 3.63) is 34.9 Å². The summed E-state index contributed by atoms with van der Waals surface area (Å²) in [6.45, 7) is 3.20. The number of aryl methyl sites for hydroxylation is 1. The first kappa shape index (κ1) is 15.6. The van der Waals surface area contributed by atoms with Gasteiger partial charge in [0.2, 0.25) is 0 Å². The van der Waals surface area contributed by atoms with Crippen molar-refractivity contribution in [1.82, 2.24) is 4.90 Å². The van der Waals surface area contributed by atoms with Crippen LogP contribution in [0.4, 0.5) is 0 Å². The van der Waals surface area contributed by atoms with Gasteiger partial charge in [-0.2, -0.15) is 0 Å². The van der Waals surface area contributed by atoms with Crippen molar-refractivity contribution in [1.29, 1.82) is 0 Å². The van der Waals surface area contributed by atoms with Gasteiger partial charge in [0, 0.05) is 24.7 Å². The molecular formula is C18H24N2O. The van der Waals surface area contributed by atoms with Crippen LogP contribution in [0.25, 0.3) is 0 Å². The van der Waals surface area contributed by atoms with Crippen molar-refractivity contribution in [3.63, 3.8) is 0 Å². The molecule has 1 aliphatic carbocycles. The Morgan fingerprint density at radius 1 is 1.38 bits per heavy atom. The molecule has 0 heterocycles. The van der Waals surface area contributed by atoms with Crippen molar-refractivity contribution in [2.45, 2.75) is 32.6 Å². The minimum Gasteiger partial charge on any atom is -0.341 e. The lowest BCUT2D eigenvalue weighted by molar-refractivity contribution is 0.0773. The highest BCUT2D eigenvalue weighted by Crippen LogP contribution is 2.25. The summed E-state index contributed by atoms with van der Waals surface area (Å²) in [4.78, 5) is 14.3. The summed E-state index contributed by atoms with van der Waals surface area (Å²) < 4.78 is 0. The molecule has 0 aromatic heterocycles. The largest absolute Gasteiger partial charge is 0.341 e. The van der Waals surface area contributed by atoms with Gasteiger partial charge in [-0.1, -0.05) is 24.7 Å². The minimum atomic E-state index is 0.100. The average molecular weight is 284 g/mol. The number of carbonyl (C=O) groups excluding carboxylic acids is 1. The maximum absolute atomic E-state index is 12.5. The first-order valence-corrected chi connectivity index (χ1v) is 7.67. The van der Waals surface area contributed by atoms with E-state index in [1.807, 2.05) is 37.1 Å². The van der Waals surface area contributed by atoms with Crippen LogP contribution in [0.2, 0.25) is 0 Å². The number of benzene rings is 1. The summed E-state index contributed by atoms with van der Waals surface area (Å²) >= 11 is 0. The van der Waals surface area contributed by atoms with Gasteiger partial charge >= 0.3 is 0 Å². The molecule has 1 saturated carbocycles. The van der Waals surface area contributed by atoms with Crippen LogP contribution in [-0.2, 0) is 0 Å². The van der Waals surface area contributed by atoms with E-state index in [9.17, 15) is 4.79 Å². The van der Waals surface area contributed by atoms with E-state index in [0.29, 0.717) is 12.5 Å². The zero-order valence-electron chi connectivity index (χ0n) is 13.0. The van der Waals surface area contributed by atoms with Crippen LogP contribution in [0.3, 0.4) is 0 Å². The molecule has 1 amide bonds. The molecule has 1 aliphatic rings. The summed E-state index contributed by atoms with van der Waals surface area (Å²) in [6.07, 6.45) is 5.12. The van der Waals surface area contributed by atoms with Crippen molar-refractivity contribution in [2.75, 3.05) is 20.1 Å². The molecule has 0 spiro atoms. The first-order chi connectivity index (χ1) is 10.1. The summed E-state index contributed by atoms with van der Waals surface area (Å²) in [7, 11) is 1.90. The van der Waals surface area contributed by atoms with E-state index < -0.39 is 0 Å². The second-order valence-corrected chi connectivity index (χ2v) is 5.87. The van der Waals surface area contributed by atoms with Crippen LogP contribution < -0.4 is 5.73 Å². The van der Waals surface area contributed by atoms with Crippen molar-refractivity contribution in [2.24, 2.45) is 11.7 Å². The Hall–Kier alpha value is -1.79. The number of carbonyl (C=O) groups is 1. The molecular weight excluding hydrogens is 260 g/mol. The highest BCUT2D eigenvalue weighted by Gasteiger charge is 2.20. The van der Waals surface area contributed by atoms with Crippen LogP contribution in [0.5, 0.6) is 0 Å². The van der Waals surface area contributed by atoms with E-state index in [2.05, 4.69) is 11.8 Å². The molecule has 112 valence electrons. The number of rotatable bonds is 3. The van der Waals surface area contributed by atoms with Crippen molar-refractivity contribution >= 4 is 5.91 Å². The molecule has 0 atom stereocenters. The number of nitrogens with zero attached hydrogens (tertiary/aromatic N) is 1. The predicted octanol–water partition coefficient (Wildman–Crippen LogP) is 2.57. The fourth-order valence-electron chi connectivity index (χ4n) is 2.97. The van der Waals surface area contributed by atoms with E-state index >= 15 is 0 Å². The molecule has 0 saturated heterocycles. The van der Waals surface area contributed by atoms with Crippen molar-refractivity contribution in [3.8, 4) is 11.8 Å². The third kappa shape index (κ3) is 4.09. The second-order valence-electron chi connectivity index (χ2n) is 5.87. The van der Waals surface area contributed by atoms with E-state index in [0.717, 1.165) is 23.2 Å². The van der Waals surface area contributed by atoms with Crippen molar-refractivity contribution < 1.29 is 4.79 Å². The third-order valence-electron chi connectivity index (χ3n) is 4.15. The number of hydrogen-bond donors (Lipinski definition) is 1. The fraction of sp³-hybridized carbons (Fsp3) is 0.500. The zero-order valence-corrected chi connectivity index (χ0v) is 13.0. The molecule has 21 heavy (non-hydrogen) atoms. The van der Waals surface area contributed by atoms with E-state index in [1.165, 1.54) is 25.7 Å². The van der Waals surface area contributed by atoms with Gasteiger partial charge in [-0.05, 0) is 49.4 Å². The second kappa shape index (κ2) is 7.28. The van der Waals surface area contributed by atoms with Crippen LogP contribution in [0, 0.1) is 24.7 Å². The summed E-state index contributed by atoms with van der Waals surface area (Å²) in [5.74, 6) is 6.65. The highest BCUT2D eigenvalue weighted by molar-refractivity contribution is 5.94. The van der Waals surface area contributed by atoms with E-state index in [4.69, 9.17) is 5.73 Å². The van der Waals surface area contributed by atoms with Gasteiger partial charge in [0.25, 0.3) is 5.91 Å². The Balaban J connectivity index is 2.06. The first-order valence-electron chi connectivity index (χ1n) is 7.67. The molecule has 3 heteroatoms. The number of amides is 1. The number of nitrogens with two attached hydrogens (primary N) is 1. The molecule has 2 rings (SSSR count). The van der Waals surface area contributed by atoms with Crippen LogP contribution in [0.1, 0.15) is 47.2 Å². The topological polar surface area (TPSA) is 46.3 Å². The summed E-state index contributed by atoms with van der Waals surface area (Å²) in [6, 6.07) is 5.70. The average Bonchev–Trinajstić information content (AvgIpc) is 2.98. The molecule has 1 aromatic rings. The lowest BCUT2D eigenvalue weighted by atomic mass is 10.0. The van der Waals surface area contributed by atoms with Gasteiger partial charge < -0.3 is 10.6 Å². The molecule has 0 unspecified atom stereocenters. The summed E-state index contributed by atoms with van der Waals surface area (Å²) in [5.41, 5.74) is 8.09. The quantitative estimate of drug-likeness (QED) is 0.867. The Bertz CT molecular complexity index is 562. The number of hydrogen-bond acceptors (Lipinski definition) is 2. The SMILES string of the molecule is Cc1cc(C(=O)N(C)CC2CCCC2)ccc1C#CCN. The van der Waals surface area contributed by atoms with E-state index in [-0.39, 0.29) is 5.91 Å². The Morgan fingerprint density at radius 2 is 2.10 bits per heavy atom. The maximum Gasteiger partial charge on any atom is 0.253 e. The lowest BCUT2D eigenvalue weighted by Crippen LogP contribution is -2.31. The van der Waals surface area contributed by atoms with Gasteiger partial charge in [0.05, 0.1) is 6.54 Å². The fourth-order valence-corrected chi connectivity index (χ4v) is 2.97. The molecule has 0 aliphatic heterocycles. The van der Waals surface area contributed by atoms with Gasteiger partial charge in [-0.25, -0.2) is 0 Å².